The summed E-state index contributed by atoms with van der Waals surface area (Å²) in [5, 5.41) is 0. The number of carbonyl (C=O) groups excluding carboxylic acids is 1. The molecule has 0 saturated carbocycles. The van der Waals surface area contributed by atoms with Crippen LogP contribution in [0.4, 0.5) is 5.69 Å². The monoisotopic (exact) mass is 416 g/mol. The number of rotatable bonds is 7. The predicted octanol–water partition coefficient (Wildman–Crippen LogP) is 4.63. The van der Waals surface area contributed by atoms with Gasteiger partial charge in [0.2, 0.25) is 0 Å². The molecule has 1 saturated heterocycles. The van der Waals surface area contributed by atoms with Crippen LogP contribution in [0.2, 0.25) is 0 Å². The second kappa shape index (κ2) is 10.0. The highest BCUT2D eigenvalue weighted by molar-refractivity contribution is 5.94. The standard InChI is InChI=1S/C26H28N2O3/c1-2-30-25-14-13-21(19-22(25)20-31-24-11-7-4-8-12-24)26(29)28-17-15-27(16-18-28)23-9-5-3-6-10-23/h3-14,19H,2,15-18,20H2,1H3. The van der Waals surface area contributed by atoms with E-state index < -0.39 is 0 Å². The molecule has 0 unspecified atom stereocenters. The quantitative estimate of drug-likeness (QED) is 0.563. The van der Waals surface area contributed by atoms with Gasteiger partial charge < -0.3 is 19.3 Å². The molecule has 5 nitrogen and oxygen atoms in total. The third-order valence-electron chi connectivity index (χ3n) is 5.43. The summed E-state index contributed by atoms with van der Waals surface area (Å²) in [7, 11) is 0. The van der Waals surface area contributed by atoms with E-state index in [0.717, 1.165) is 30.2 Å². The summed E-state index contributed by atoms with van der Waals surface area (Å²) in [6.07, 6.45) is 0. The van der Waals surface area contributed by atoms with E-state index in [1.807, 2.05) is 78.6 Å². The van der Waals surface area contributed by atoms with Gasteiger partial charge in [-0.15, -0.1) is 0 Å². The topological polar surface area (TPSA) is 42.0 Å². The maximum absolute atomic E-state index is 13.2. The van der Waals surface area contributed by atoms with Crippen LogP contribution in [0.15, 0.2) is 78.9 Å². The summed E-state index contributed by atoms with van der Waals surface area (Å²) >= 11 is 0. The van der Waals surface area contributed by atoms with Gasteiger partial charge in [-0.3, -0.25) is 4.79 Å². The Hall–Kier alpha value is -3.47. The normalized spacial score (nSPS) is 13.7. The number of hydrogen-bond acceptors (Lipinski definition) is 4. The van der Waals surface area contributed by atoms with Crippen molar-refractivity contribution in [1.29, 1.82) is 0 Å². The van der Waals surface area contributed by atoms with E-state index in [4.69, 9.17) is 9.47 Å². The largest absolute Gasteiger partial charge is 0.493 e. The zero-order valence-electron chi connectivity index (χ0n) is 17.9. The lowest BCUT2D eigenvalue weighted by molar-refractivity contribution is 0.0746. The van der Waals surface area contributed by atoms with Crippen LogP contribution in [0.3, 0.4) is 0 Å². The number of amides is 1. The minimum absolute atomic E-state index is 0.0525. The molecule has 0 aromatic heterocycles. The molecule has 0 spiro atoms. The molecule has 1 amide bonds. The van der Waals surface area contributed by atoms with Gasteiger partial charge in [-0.25, -0.2) is 0 Å². The van der Waals surface area contributed by atoms with Gasteiger partial charge in [0.1, 0.15) is 18.1 Å². The summed E-state index contributed by atoms with van der Waals surface area (Å²) < 4.78 is 11.7. The third kappa shape index (κ3) is 5.18. The zero-order valence-corrected chi connectivity index (χ0v) is 17.9. The van der Waals surface area contributed by atoms with E-state index in [1.54, 1.807) is 0 Å². The van der Waals surface area contributed by atoms with Crippen molar-refractivity contribution >= 4 is 11.6 Å². The minimum Gasteiger partial charge on any atom is -0.493 e. The second-order valence-electron chi connectivity index (χ2n) is 7.47. The first-order chi connectivity index (χ1) is 15.2. The fourth-order valence-electron chi connectivity index (χ4n) is 3.79. The van der Waals surface area contributed by atoms with Crippen LogP contribution < -0.4 is 14.4 Å². The molecule has 1 aliphatic heterocycles. The number of anilines is 1. The van der Waals surface area contributed by atoms with E-state index in [1.165, 1.54) is 5.69 Å². The minimum atomic E-state index is 0.0525. The molecule has 3 aromatic rings. The Kier molecular flexibility index (Phi) is 6.72. The summed E-state index contributed by atoms with van der Waals surface area (Å²) in [5.74, 6) is 1.60. The third-order valence-corrected chi connectivity index (χ3v) is 5.43. The van der Waals surface area contributed by atoms with Crippen molar-refractivity contribution in [2.45, 2.75) is 13.5 Å². The maximum Gasteiger partial charge on any atom is 0.253 e. The Labute approximate surface area is 183 Å². The van der Waals surface area contributed by atoms with Crippen molar-refractivity contribution in [1.82, 2.24) is 4.90 Å². The fourth-order valence-corrected chi connectivity index (χ4v) is 3.79. The average Bonchev–Trinajstić information content (AvgIpc) is 2.84. The van der Waals surface area contributed by atoms with E-state index in [9.17, 15) is 4.79 Å². The fraction of sp³-hybridized carbons (Fsp3) is 0.269. The second-order valence-corrected chi connectivity index (χ2v) is 7.47. The van der Waals surface area contributed by atoms with E-state index in [2.05, 4.69) is 17.0 Å². The number of ether oxygens (including phenoxy) is 2. The maximum atomic E-state index is 13.2. The van der Waals surface area contributed by atoms with Gasteiger partial charge in [0.25, 0.3) is 5.91 Å². The van der Waals surface area contributed by atoms with Gasteiger partial charge in [0, 0.05) is 43.0 Å². The molecular formula is C26H28N2O3. The highest BCUT2D eigenvalue weighted by atomic mass is 16.5. The van der Waals surface area contributed by atoms with Gasteiger partial charge in [-0.2, -0.15) is 0 Å². The molecule has 1 heterocycles. The lowest BCUT2D eigenvalue weighted by Crippen LogP contribution is -2.48. The van der Waals surface area contributed by atoms with Gasteiger partial charge in [0.05, 0.1) is 6.61 Å². The van der Waals surface area contributed by atoms with Crippen molar-refractivity contribution in [3.63, 3.8) is 0 Å². The summed E-state index contributed by atoms with van der Waals surface area (Å²) in [6.45, 7) is 5.93. The average molecular weight is 417 g/mol. The Balaban J connectivity index is 1.44. The molecule has 1 fully saturated rings. The SMILES string of the molecule is CCOc1ccc(C(=O)N2CCN(c3ccccc3)CC2)cc1COc1ccccc1. The Bertz CT molecular complexity index is 984. The van der Waals surface area contributed by atoms with Crippen molar-refractivity contribution in [2.24, 2.45) is 0 Å². The molecule has 5 heteroatoms. The molecule has 31 heavy (non-hydrogen) atoms. The Morgan fingerprint density at radius 3 is 2.19 bits per heavy atom. The number of nitrogens with zero attached hydrogens (tertiary/aromatic N) is 2. The number of benzene rings is 3. The molecule has 1 aliphatic rings. The van der Waals surface area contributed by atoms with Crippen LogP contribution in [0, 0.1) is 0 Å². The van der Waals surface area contributed by atoms with Crippen LogP contribution in [0.5, 0.6) is 11.5 Å². The van der Waals surface area contributed by atoms with Crippen LogP contribution in [0.25, 0.3) is 0 Å². The van der Waals surface area contributed by atoms with E-state index in [0.29, 0.717) is 31.9 Å². The molecule has 3 aromatic carbocycles. The first-order valence-electron chi connectivity index (χ1n) is 10.8. The predicted molar refractivity (Wildman–Crippen MR) is 123 cm³/mol. The summed E-state index contributed by atoms with van der Waals surface area (Å²) in [5.41, 5.74) is 2.75. The summed E-state index contributed by atoms with van der Waals surface area (Å²) in [4.78, 5) is 17.4. The Morgan fingerprint density at radius 2 is 1.52 bits per heavy atom. The van der Waals surface area contributed by atoms with Crippen LogP contribution >= 0.6 is 0 Å². The number of piperazine rings is 1. The van der Waals surface area contributed by atoms with Gasteiger partial charge in [0.15, 0.2) is 0 Å². The lowest BCUT2D eigenvalue weighted by Gasteiger charge is -2.36. The van der Waals surface area contributed by atoms with Crippen molar-refractivity contribution in [3.05, 3.63) is 90.0 Å². The van der Waals surface area contributed by atoms with Gasteiger partial charge >= 0.3 is 0 Å². The number of hydrogen-bond donors (Lipinski definition) is 0. The molecule has 0 aliphatic carbocycles. The number of para-hydroxylation sites is 2. The van der Waals surface area contributed by atoms with Crippen LogP contribution in [-0.2, 0) is 6.61 Å². The van der Waals surface area contributed by atoms with Gasteiger partial charge in [-0.1, -0.05) is 36.4 Å². The molecule has 0 bridgehead atoms. The molecule has 0 N–H and O–H groups in total. The number of carbonyl (C=O) groups is 1. The van der Waals surface area contributed by atoms with Crippen molar-refractivity contribution in [2.75, 3.05) is 37.7 Å². The van der Waals surface area contributed by atoms with Gasteiger partial charge in [-0.05, 0) is 49.4 Å². The first kappa shape index (κ1) is 20.8. The van der Waals surface area contributed by atoms with E-state index in [-0.39, 0.29) is 5.91 Å². The molecule has 160 valence electrons. The smallest absolute Gasteiger partial charge is 0.253 e. The molecule has 4 rings (SSSR count). The zero-order chi connectivity index (χ0) is 21.5. The van der Waals surface area contributed by atoms with Crippen molar-refractivity contribution in [3.8, 4) is 11.5 Å². The lowest BCUT2D eigenvalue weighted by atomic mass is 10.1. The highest BCUT2D eigenvalue weighted by Gasteiger charge is 2.23. The van der Waals surface area contributed by atoms with E-state index >= 15 is 0 Å². The molecular weight excluding hydrogens is 388 g/mol. The molecule has 0 radical (unpaired) electrons. The first-order valence-corrected chi connectivity index (χ1v) is 10.8. The van der Waals surface area contributed by atoms with Crippen LogP contribution in [-0.4, -0.2) is 43.6 Å². The highest BCUT2D eigenvalue weighted by Crippen LogP contribution is 2.24. The summed E-state index contributed by atoms with van der Waals surface area (Å²) in [6, 6.07) is 25.6. The van der Waals surface area contributed by atoms with Crippen LogP contribution in [0.1, 0.15) is 22.8 Å². The van der Waals surface area contributed by atoms with Crippen molar-refractivity contribution < 1.29 is 14.3 Å². The molecule has 0 atom stereocenters. The Morgan fingerprint density at radius 1 is 0.839 bits per heavy atom.